The molecule has 0 aliphatic rings. The zero-order chi connectivity index (χ0) is 14.7. The van der Waals surface area contributed by atoms with Crippen molar-refractivity contribution < 1.29 is 9.90 Å². The number of hydrogen-bond acceptors (Lipinski definition) is 3. The fourth-order valence-electron chi connectivity index (χ4n) is 2.01. The van der Waals surface area contributed by atoms with Crippen LogP contribution in [-0.4, -0.2) is 17.3 Å². The summed E-state index contributed by atoms with van der Waals surface area (Å²) in [6, 6.07) is 11.8. The Kier molecular flexibility index (Phi) is 4.78. The van der Waals surface area contributed by atoms with Crippen molar-refractivity contribution in [2.45, 2.75) is 28.5 Å². The molecule has 1 N–H and O–H groups in total. The summed E-state index contributed by atoms with van der Waals surface area (Å²) in [6.45, 7) is 4.10. The Bertz CT molecular complexity index is 651. The second-order valence-electron chi connectivity index (χ2n) is 4.51. The van der Waals surface area contributed by atoms with E-state index in [2.05, 4.69) is 13.0 Å². The van der Waals surface area contributed by atoms with Gasteiger partial charge in [-0.1, -0.05) is 35.5 Å². The van der Waals surface area contributed by atoms with Crippen molar-refractivity contribution in [3.05, 3.63) is 53.1 Å². The first kappa shape index (κ1) is 15.0. The highest BCUT2D eigenvalue weighted by Crippen LogP contribution is 2.36. The minimum absolute atomic E-state index is 0.393. The number of aromatic carboxylic acids is 1. The van der Waals surface area contributed by atoms with Crippen LogP contribution in [0.2, 0.25) is 0 Å². The fraction of sp³-hybridized carbons (Fsp3) is 0.188. The fourth-order valence-corrected chi connectivity index (χ4v) is 3.73. The van der Waals surface area contributed by atoms with E-state index in [4.69, 9.17) is 0 Å². The van der Waals surface area contributed by atoms with Crippen LogP contribution in [0, 0.1) is 13.8 Å². The van der Waals surface area contributed by atoms with Gasteiger partial charge in [-0.05, 0) is 43.9 Å². The van der Waals surface area contributed by atoms with Gasteiger partial charge < -0.3 is 5.11 Å². The molecule has 2 aromatic rings. The van der Waals surface area contributed by atoms with E-state index in [1.54, 1.807) is 0 Å². The summed E-state index contributed by atoms with van der Waals surface area (Å²) in [7, 11) is 0. The third kappa shape index (κ3) is 3.19. The van der Waals surface area contributed by atoms with E-state index in [9.17, 15) is 9.90 Å². The molecule has 0 amide bonds. The average molecular weight is 304 g/mol. The molecule has 104 valence electrons. The Morgan fingerprint density at radius 2 is 1.75 bits per heavy atom. The van der Waals surface area contributed by atoms with Crippen molar-refractivity contribution in [2.24, 2.45) is 0 Å². The molecule has 0 aromatic heterocycles. The van der Waals surface area contributed by atoms with Gasteiger partial charge in [0.2, 0.25) is 0 Å². The lowest BCUT2D eigenvalue weighted by Crippen LogP contribution is -2.01. The number of carboxylic acids is 1. The average Bonchev–Trinajstić information content (AvgIpc) is 2.41. The van der Waals surface area contributed by atoms with Crippen LogP contribution in [0.4, 0.5) is 0 Å². The van der Waals surface area contributed by atoms with Gasteiger partial charge in [0.1, 0.15) is 0 Å². The summed E-state index contributed by atoms with van der Waals surface area (Å²) in [4.78, 5) is 14.2. The van der Waals surface area contributed by atoms with Crippen LogP contribution < -0.4 is 0 Å². The highest BCUT2D eigenvalue weighted by Gasteiger charge is 2.16. The molecule has 2 aromatic carbocycles. The normalized spacial score (nSPS) is 10.6. The minimum atomic E-state index is -0.873. The van der Waals surface area contributed by atoms with Gasteiger partial charge in [0.15, 0.2) is 0 Å². The van der Waals surface area contributed by atoms with Crippen molar-refractivity contribution in [1.29, 1.82) is 0 Å². The van der Waals surface area contributed by atoms with Crippen LogP contribution >= 0.6 is 23.5 Å². The van der Waals surface area contributed by atoms with Crippen LogP contribution in [0.3, 0.4) is 0 Å². The molecular formula is C16H16O2S2. The van der Waals surface area contributed by atoms with Crippen molar-refractivity contribution >= 4 is 29.5 Å². The summed E-state index contributed by atoms with van der Waals surface area (Å²) in [5.41, 5.74) is 2.77. The predicted octanol–water partition coefficient (Wildman–Crippen LogP) is 4.87. The van der Waals surface area contributed by atoms with Crippen molar-refractivity contribution in [3.63, 3.8) is 0 Å². The van der Waals surface area contributed by atoms with E-state index in [0.29, 0.717) is 5.56 Å². The van der Waals surface area contributed by atoms with Crippen LogP contribution in [0.25, 0.3) is 0 Å². The van der Waals surface area contributed by atoms with E-state index in [0.717, 1.165) is 14.7 Å². The molecule has 0 bridgehead atoms. The Hall–Kier alpha value is -1.39. The first-order chi connectivity index (χ1) is 9.52. The first-order valence-corrected chi connectivity index (χ1v) is 8.22. The molecule has 2 nitrogen and oxygen atoms in total. The van der Waals surface area contributed by atoms with Crippen LogP contribution in [-0.2, 0) is 0 Å². The number of hydrogen-bond donors (Lipinski definition) is 1. The van der Waals surface area contributed by atoms with Crippen LogP contribution in [0.15, 0.2) is 51.1 Å². The van der Waals surface area contributed by atoms with Gasteiger partial charge >= 0.3 is 5.97 Å². The minimum Gasteiger partial charge on any atom is -0.478 e. The monoisotopic (exact) mass is 304 g/mol. The summed E-state index contributed by atoms with van der Waals surface area (Å²) < 4.78 is 0. The number of aryl methyl sites for hydroxylation is 2. The molecular weight excluding hydrogens is 288 g/mol. The summed E-state index contributed by atoms with van der Waals surface area (Å²) >= 11 is 2.97. The highest BCUT2D eigenvalue weighted by atomic mass is 32.2. The molecule has 0 heterocycles. The maximum atomic E-state index is 11.5. The molecule has 0 spiro atoms. The molecule has 0 aliphatic heterocycles. The second kappa shape index (κ2) is 6.37. The molecule has 0 radical (unpaired) electrons. The van der Waals surface area contributed by atoms with Crippen LogP contribution in [0.1, 0.15) is 21.5 Å². The third-order valence-corrected chi connectivity index (χ3v) is 4.99. The maximum Gasteiger partial charge on any atom is 0.337 e. The molecule has 4 heteroatoms. The van der Waals surface area contributed by atoms with Gasteiger partial charge in [0, 0.05) is 14.7 Å². The molecule has 0 fully saturated rings. The largest absolute Gasteiger partial charge is 0.478 e. The van der Waals surface area contributed by atoms with Gasteiger partial charge in [-0.2, -0.15) is 0 Å². The lowest BCUT2D eigenvalue weighted by atomic mass is 10.2. The van der Waals surface area contributed by atoms with Crippen molar-refractivity contribution in [1.82, 2.24) is 0 Å². The van der Waals surface area contributed by atoms with Gasteiger partial charge in [-0.15, -0.1) is 11.8 Å². The summed E-state index contributed by atoms with van der Waals surface area (Å²) in [5, 5.41) is 9.44. The van der Waals surface area contributed by atoms with Gasteiger partial charge in [0.25, 0.3) is 0 Å². The Balaban J connectivity index is 2.45. The van der Waals surface area contributed by atoms with Gasteiger partial charge in [-0.25, -0.2) is 4.79 Å². The Morgan fingerprint density at radius 1 is 1.05 bits per heavy atom. The number of carbonyl (C=O) groups is 1. The molecule has 0 unspecified atom stereocenters. The molecule has 0 saturated heterocycles. The van der Waals surface area contributed by atoms with E-state index in [1.165, 1.54) is 34.7 Å². The third-order valence-electron chi connectivity index (χ3n) is 2.97. The summed E-state index contributed by atoms with van der Waals surface area (Å²) in [6.07, 6.45) is 1.90. The quantitative estimate of drug-likeness (QED) is 0.817. The Morgan fingerprint density at radius 3 is 2.35 bits per heavy atom. The van der Waals surface area contributed by atoms with Gasteiger partial charge in [0.05, 0.1) is 5.56 Å². The lowest BCUT2D eigenvalue weighted by molar-refractivity contribution is 0.0689. The van der Waals surface area contributed by atoms with Crippen LogP contribution in [0.5, 0.6) is 0 Å². The molecule has 2 rings (SSSR count). The highest BCUT2D eigenvalue weighted by molar-refractivity contribution is 8.00. The standard InChI is InChI=1S/C16H16O2S2/c1-10-7-8-12(11(2)9-10)20-14-6-4-5-13(19-3)15(14)16(17)18/h4-9H,1-3H3,(H,17,18). The topological polar surface area (TPSA) is 37.3 Å². The maximum absolute atomic E-state index is 11.5. The van der Waals surface area contributed by atoms with E-state index in [1.807, 2.05) is 43.5 Å². The zero-order valence-electron chi connectivity index (χ0n) is 11.6. The Labute approximate surface area is 127 Å². The molecule has 0 aliphatic carbocycles. The number of benzene rings is 2. The second-order valence-corrected chi connectivity index (χ2v) is 6.44. The molecule has 0 saturated carbocycles. The van der Waals surface area contributed by atoms with Crippen molar-refractivity contribution in [2.75, 3.05) is 6.26 Å². The number of thioether (sulfide) groups is 1. The zero-order valence-corrected chi connectivity index (χ0v) is 13.3. The van der Waals surface area contributed by atoms with Gasteiger partial charge in [-0.3, -0.25) is 0 Å². The first-order valence-electron chi connectivity index (χ1n) is 6.18. The van der Waals surface area contributed by atoms with E-state index in [-0.39, 0.29) is 0 Å². The lowest BCUT2D eigenvalue weighted by Gasteiger charge is -2.11. The number of rotatable bonds is 4. The smallest absolute Gasteiger partial charge is 0.337 e. The summed E-state index contributed by atoms with van der Waals surface area (Å²) in [5.74, 6) is -0.873. The van der Waals surface area contributed by atoms with E-state index < -0.39 is 5.97 Å². The SMILES string of the molecule is CSc1cccc(Sc2ccc(C)cc2C)c1C(=O)O. The molecule has 0 atom stereocenters. The van der Waals surface area contributed by atoms with Crippen molar-refractivity contribution in [3.8, 4) is 0 Å². The molecule has 20 heavy (non-hydrogen) atoms. The number of carboxylic acid groups (broad SMARTS) is 1. The predicted molar refractivity (Wildman–Crippen MR) is 85.2 cm³/mol. The van der Waals surface area contributed by atoms with E-state index >= 15 is 0 Å².